The summed E-state index contributed by atoms with van der Waals surface area (Å²) in [6.45, 7) is 6.05. The third-order valence-corrected chi connectivity index (χ3v) is 2.97. The van der Waals surface area contributed by atoms with Crippen LogP contribution in [0.15, 0.2) is 18.2 Å². The number of carboxylic acid groups (broad SMARTS) is 1. The number of carbonyl (C=O) groups excluding carboxylic acids is 1. The van der Waals surface area contributed by atoms with Crippen molar-refractivity contribution in [1.82, 2.24) is 0 Å². The number of carbonyl (C=O) groups is 2. The topological polar surface area (TPSA) is 57.6 Å². The maximum atomic E-state index is 12.2. The van der Waals surface area contributed by atoms with E-state index in [0.29, 0.717) is 6.42 Å². The fourth-order valence-corrected chi connectivity index (χ4v) is 1.95. The molecule has 19 heavy (non-hydrogen) atoms. The van der Waals surface area contributed by atoms with Crippen molar-refractivity contribution in [2.75, 3.05) is 11.4 Å². The Balaban J connectivity index is 3.03. The predicted molar refractivity (Wildman–Crippen MR) is 75.4 cm³/mol. The lowest BCUT2D eigenvalue weighted by atomic mass is 10.1. The molecule has 0 radical (unpaired) electrons. The lowest BCUT2D eigenvalue weighted by Gasteiger charge is -2.24. The Hall–Kier alpha value is -1.84. The second kappa shape index (κ2) is 6.92. The summed E-state index contributed by atoms with van der Waals surface area (Å²) < 4.78 is 0. The van der Waals surface area contributed by atoms with Gasteiger partial charge in [-0.15, -0.1) is 0 Å². The van der Waals surface area contributed by atoms with Crippen LogP contribution in [0.25, 0.3) is 0 Å². The van der Waals surface area contributed by atoms with Crippen molar-refractivity contribution in [3.8, 4) is 0 Å². The lowest BCUT2D eigenvalue weighted by molar-refractivity contribution is -0.136. The molecule has 1 aromatic carbocycles. The second-order valence-corrected chi connectivity index (χ2v) is 4.73. The molecule has 1 rings (SSSR count). The summed E-state index contributed by atoms with van der Waals surface area (Å²) >= 11 is 0. The Kier molecular flexibility index (Phi) is 5.55. The van der Waals surface area contributed by atoms with E-state index in [1.54, 1.807) is 4.90 Å². The summed E-state index contributed by atoms with van der Waals surface area (Å²) in [7, 11) is 0. The molecule has 1 aromatic rings. The van der Waals surface area contributed by atoms with Crippen LogP contribution in [0.4, 0.5) is 5.69 Å². The first kappa shape index (κ1) is 15.2. The van der Waals surface area contributed by atoms with Gasteiger partial charge in [0.2, 0.25) is 5.91 Å². The molecular formula is C15H21NO3. The number of carboxylic acids is 1. The summed E-state index contributed by atoms with van der Waals surface area (Å²) in [6.07, 6.45) is 1.16. The maximum Gasteiger partial charge on any atom is 0.305 e. The van der Waals surface area contributed by atoms with Gasteiger partial charge in [-0.2, -0.15) is 0 Å². The highest BCUT2D eigenvalue weighted by Gasteiger charge is 2.17. The minimum atomic E-state index is -0.889. The van der Waals surface area contributed by atoms with E-state index in [4.69, 9.17) is 5.11 Å². The van der Waals surface area contributed by atoms with Gasteiger partial charge in [-0.05, 0) is 37.5 Å². The van der Waals surface area contributed by atoms with E-state index in [9.17, 15) is 9.59 Å². The quantitative estimate of drug-likeness (QED) is 0.858. The molecule has 1 N–H and O–H groups in total. The predicted octanol–water partition coefficient (Wildman–Crippen LogP) is 2.91. The molecule has 0 spiro atoms. The van der Waals surface area contributed by atoms with Crippen LogP contribution >= 0.6 is 0 Å². The van der Waals surface area contributed by atoms with E-state index >= 15 is 0 Å². The van der Waals surface area contributed by atoms with Gasteiger partial charge in [0.1, 0.15) is 0 Å². The Morgan fingerprint density at radius 1 is 1.21 bits per heavy atom. The molecule has 0 fully saturated rings. The molecule has 0 aromatic heterocycles. The first-order valence-corrected chi connectivity index (χ1v) is 6.55. The van der Waals surface area contributed by atoms with Crippen molar-refractivity contribution >= 4 is 17.6 Å². The van der Waals surface area contributed by atoms with Gasteiger partial charge < -0.3 is 10.0 Å². The van der Waals surface area contributed by atoms with Crippen LogP contribution in [-0.4, -0.2) is 23.5 Å². The summed E-state index contributed by atoms with van der Waals surface area (Å²) in [5.41, 5.74) is 2.87. The van der Waals surface area contributed by atoms with Gasteiger partial charge in [-0.25, -0.2) is 0 Å². The smallest absolute Gasteiger partial charge is 0.305 e. The minimum Gasteiger partial charge on any atom is -0.481 e. The monoisotopic (exact) mass is 263 g/mol. The standard InChI is InChI=1S/C15H21NO3/c1-4-5-14(17)16(9-8-15(18)19)13-10-11(2)6-7-12(13)3/h6-7,10H,4-5,8-9H2,1-3H3,(H,18,19). The van der Waals surface area contributed by atoms with Gasteiger partial charge in [-0.1, -0.05) is 19.1 Å². The van der Waals surface area contributed by atoms with Crippen LogP contribution in [0.2, 0.25) is 0 Å². The van der Waals surface area contributed by atoms with Crippen LogP contribution in [0.3, 0.4) is 0 Å². The number of anilines is 1. The van der Waals surface area contributed by atoms with Gasteiger partial charge in [-0.3, -0.25) is 9.59 Å². The molecule has 0 heterocycles. The number of benzene rings is 1. The van der Waals surface area contributed by atoms with Crippen LogP contribution in [-0.2, 0) is 9.59 Å². The highest BCUT2D eigenvalue weighted by atomic mass is 16.4. The first-order valence-electron chi connectivity index (χ1n) is 6.55. The molecule has 0 atom stereocenters. The van der Waals surface area contributed by atoms with Crippen molar-refractivity contribution < 1.29 is 14.7 Å². The van der Waals surface area contributed by atoms with E-state index in [2.05, 4.69) is 0 Å². The molecule has 0 unspecified atom stereocenters. The molecule has 0 saturated heterocycles. The van der Waals surface area contributed by atoms with Crippen LogP contribution in [0.1, 0.15) is 37.3 Å². The average molecular weight is 263 g/mol. The van der Waals surface area contributed by atoms with Gasteiger partial charge in [0.25, 0.3) is 0 Å². The van der Waals surface area contributed by atoms with E-state index < -0.39 is 5.97 Å². The normalized spacial score (nSPS) is 10.3. The summed E-state index contributed by atoms with van der Waals surface area (Å²) in [5, 5.41) is 8.81. The zero-order chi connectivity index (χ0) is 14.4. The highest BCUT2D eigenvalue weighted by molar-refractivity contribution is 5.94. The third-order valence-electron chi connectivity index (χ3n) is 2.97. The Labute approximate surface area is 114 Å². The summed E-state index contributed by atoms with van der Waals surface area (Å²) in [4.78, 5) is 24.5. The van der Waals surface area contributed by atoms with Crippen molar-refractivity contribution in [3.05, 3.63) is 29.3 Å². The molecule has 0 saturated carbocycles. The van der Waals surface area contributed by atoms with Gasteiger partial charge in [0, 0.05) is 18.7 Å². The third kappa shape index (κ3) is 4.39. The number of amides is 1. The molecule has 0 aliphatic rings. The van der Waals surface area contributed by atoms with Crippen molar-refractivity contribution in [1.29, 1.82) is 0 Å². The van der Waals surface area contributed by atoms with Crippen LogP contribution in [0.5, 0.6) is 0 Å². The van der Waals surface area contributed by atoms with Crippen molar-refractivity contribution in [2.24, 2.45) is 0 Å². The SMILES string of the molecule is CCCC(=O)N(CCC(=O)O)c1cc(C)ccc1C. The maximum absolute atomic E-state index is 12.2. The fraction of sp³-hybridized carbons (Fsp3) is 0.467. The summed E-state index contributed by atoms with van der Waals surface area (Å²) in [5.74, 6) is -0.906. The van der Waals surface area contributed by atoms with Crippen LogP contribution in [0, 0.1) is 13.8 Å². The van der Waals surface area contributed by atoms with E-state index in [1.165, 1.54) is 0 Å². The number of aliphatic carboxylic acids is 1. The Bertz CT molecular complexity index is 468. The molecule has 4 nitrogen and oxygen atoms in total. The van der Waals surface area contributed by atoms with Gasteiger partial charge in [0.05, 0.1) is 6.42 Å². The zero-order valence-corrected chi connectivity index (χ0v) is 11.8. The molecule has 0 aliphatic carbocycles. The van der Waals surface area contributed by atoms with E-state index in [0.717, 1.165) is 23.2 Å². The van der Waals surface area contributed by atoms with E-state index in [-0.39, 0.29) is 18.9 Å². The molecule has 0 aliphatic heterocycles. The lowest BCUT2D eigenvalue weighted by Crippen LogP contribution is -2.33. The molecule has 1 amide bonds. The van der Waals surface area contributed by atoms with Gasteiger partial charge >= 0.3 is 5.97 Å². The van der Waals surface area contributed by atoms with Crippen molar-refractivity contribution in [2.45, 2.75) is 40.0 Å². The van der Waals surface area contributed by atoms with E-state index in [1.807, 2.05) is 39.0 Å². The van der Waals surface area contributed by atoms with Gasteiger partial charge in [0.15, 0.2) is 0 Å². The average Bonchev–Trinajstić information content (AvgIpc) is 2.33. The fourth-order valence-electron chi connectivity index (χ4n) is 1.95. The zero-order valence-electron chi connectivity index (χ0n) is 11.8. The largest absolute Gasteiger partial charge is 0.481 e. The number of nitrogens with zero attached hydrogens (tertiary/aromatic N) is 1. The van der Waals surface area contributed by atoms with Crippen LogP contribution < -0.4 is 4.90 Å². The summed E-state index contributed by atoms with van der Waals surface area (Å²) in [6, 6.07) is 5.88. The molecule has 104 valence electrons. The second-order valence-electron chi connectivity index (χ2n) is 4.73. The number of hydrogen-bond acceptors (Lipinski definition) is 2. The Morgan fingerprint density at radius 2 is 1.89 bits per heavy atom. The first-order chi connectivity index (χ1) is 8.95. The van der Waals surface area contributed by atoms with Crippen molar-refractivity contribution in [3.63, 3.8) is 0 Å². The molecule has 4 heteroatoms. The molecular weight excluding hydrogens is 242 g/mol. The number of aryl methyl sites for hydroxylation is 2. The highest BCUT2D eigenvalue weighted by Crippen LogP contribution is 2.23. The number of hydrogen-bond donors (Lipinski definition) is 1. The molecule has 0 bridgehead atoms. The number of rotatable bonds is 6. The minimum absolute atomic E-state index is 0.0162. The Morgan fingerprint density at radius 3 is 2.47 bits per heavy atom.